The van der Waals surface area contributed by atoms with Crippen molar-refractivity contribution in [3.63, 3.8) is 0 Å². The summed E-state index contributed by atoms with van der Waals surface area (Å²) in [6, 6.07) is 4.08. The van der Waals surface area contributed by atoms with Crippen molar-refractivity contribution in [3.8, 4) is 0 Å². The van der Waals surface area contributed by atoms with E-state index < -0.39 is 11.6 Å². The van der Waals surface area contributed by atoms with E-state index in [1.54, 1.807) is 6.20 Å². The van der Waals surface area contributed by atoms with Gasteiger partial charge in [-0.1, -0.05) is 0 Å². The van der Waals surface area contributed by atoms with Gasteiger partial charge in [0, 0.05) is 49.0 Å². The molecule has 2 aromatic rings. The van der Waals surface area contributed by atoms with Gasteiger partial charge in [-0.3, -0.25) is 4.98 Å². The number of hydrogen-bond donors (Lipinski definition) is 0. The van der Waals surface area contributed by atoms with Crippen LogP contribution >= 0.6 is 0 Å². The number of hydrogen-bond acceptors (Lipinski definition) is 4. The highest BCUT2D eigenvalue weighted by atomic mass is 19.1. The van der Waals surface area contributed by atoms with Crippen molar-refractivity contribution in [3.05, 3.63) is 36.0 Å². The predicted octanol–water partition coefficient (Wildman–Crippen LogP) is 3.53. The van der Waals surface area contributed by atoms with Crippen molar-refractivity contribution in [1.29, 1.82) is 0 Å². The van der Waals surface area contributed by atoms with Crippen molar-refractivity contribution in [2.24, 2.45) is 5.92 Å². The molecule has 0 spiro atoms. The molecule has 4 nitrogen and oxygen atoms in total. The molecule has 2 saturated heterocycles. The molecule has 3 heterocycles. The van der Waals surface area contributed by atoms with Crippen LogP contribution in [0.1, 0.15) is 19.3 Å². The van der Waals surface area contributed by atoms with Crippen LogP contribution in [0, 0.1) is 17.6 Å². The van der Waals surface area contributed by atoms with Crippen LogP contribution in [0.15, 0.2) is 24.4 Å². The van der Waals surface area contributed by atoms with E-state index in [9.17, 15) is 8.78 Å². The number of pyridine rings is 1. The molecule has 1 aromatic heterocycles. The van der Waals surface area contributed by atoms with E-state index in [-0.39, 0.29) is 11.6 Å². The van der Waals surface area contributed by atoms with E-state index in [2.05, 4.69) is 9.88 Å². The third-order valence-corrected chi connectivity index (χ3v) is 5.11. The Morgan fingerprint density at radius 1 is 1.20 bits per heavy atom. The minimum atomic E-state index is -0.617. The molecule has 2 fully saturated rings. The lowest BCUT2D eigenvalue weighted by molar-refractivity contribution is 0.0132. The van der Waals surface area contributed by atoms with E-state index in [1.807, 2.05) is 6.07 Å². The average Bonchev–Trinajstić information content (AvgIpc) is 3.13. The Labute approximate surface area is 145 Å². The highest BCUT2D eigenvalue weighted by Crippen LogP contribution is 2.30. The fourth-order valence-electron chi connectivity index (χ4n) is 3.69. The fourth-order valence-corrected chi connectivity index (χ4v) is 3.69. The standard InChI is InChI=1S/C19H22F2N2O2/c20-14-9-16-18(1-5-22-19(16)17(21)10-14)23-6-2-15(3-7-23)25-12-13-4-8-24-11-13/h1,5,9-10,13,15H,2-4,6-8,11-12H2/t13-/m0/s1. The second-order valence-corrected chi connectivity index (χ2v) is 6.86. The maximum absolute atomic E-state index is 14.0. The van der Waals surface area contributed by atoms with Crippen LogP contribution in [-0.2, 0) is 9.47 Å². The molecule has 2 aliphatic rings. The van der Waals surface area contributed by atoms with E-state index in [1.165, 1.54) is 6.07 Å². The van der Waals surface area contributed by atoms with Crippen molar-refractivity contribution in [2.75, 3.05) is 37.8 Å². The minimum Gasteiger partial charge on any atom is -0.381 e. The molecule has 134 valence electrons. The van der Waals surface area contributed by atoms with Crippen LogP contribution in [0.3, 0.4) is 0 Å². The van der Waals surface area contributed by atoms with Crippen LogP contribution in [0.4, 0.5) is 14.5 Å². The Hall–Kier alpha value is -1.79. The number of rotatable bonds is 4. The van der Waals surface area contributed by atoms with E-state index in [0.717, 1.165) is 63.9 Å². The zero-order valence-corrected chi connectivity index (χ0v) is 14.1. The topological polar surface area (TPSA) is 34.6 Å². The molecule has 2 aliphatic heterocycles. The molecule has 0 unspecified atom stereocenters. The van der Waals surface area contributed by atoms with Crippen molar-refractivity contribution < 1.29 is 18.3 Å². The third kappa shape index (κ3) is 3.60. The summed E-state index contributed by atoms with van der Waals surface area (Å²) < 4.78 is 39.0. The smallest absolute Gasteiger partial charge is 0.152 e. The second kappa shape index (κ2) is 7.22. The summed E-state index contributed by atoms with van der Waals surface area (Å²) in [6.07, 6.45) is 4.74. The van der Waals surface area contributed by atoms with Gasteiger partial charge in [0.1, 0.15) is 11.3 Å². The maximum atomic E-state index is 14.0. The van der Waals surface area contributed by atoms with Gasteiger partial charge in [0.05, 0.1) is 19.3 Å². The van der Waals surface area contributed by atoms with Gasteiger partial charge in [-0.15, -0.1) is 0 Å². The zero-order valence-electron chi connectivity index (χ0n) is 14.1. The molecule has 0 radical (unpaired) electrons. The fraction of sp³-hybridized carbons (Fsp3) is 0.526. The summed E-state index contributed by atoms with van der Waals surface area (Å²) in [4.78, 5) is 6.23. The van der Waals surface area contributed by atoms with Gasteiger partial charge < -0.3 is 14.4 Å². The summed E-state index contributed by atoms with van der Waals surface area (Å²) in [7, 11) is 0. The molecule has 1 atom stereocenters. The molecular weight excluding hydrogens is 326 g/mol. The molecule has 0 amide bonds. The van der Waals surface area contributed by atoms with E-state index in [0.29, 0.717) is 11.3 Å². The summed E-state index contributed by atoms with van der Waals surface area (Å²) in [5.74, 6) is -0.668. The first-order valence-corrected chi connectivity index (χ1v) is 8.89. The first-order valence-electron chi connectivity index (χ1n) is 8.89. The molecule has 0 bridgehead atoms. The van der Waals surface area contributed by atoms with Crippen molar-refractivity contribution in [1.82, 2.24) is 4.98 Å². The van der Waals surface area contributed by atoms with Crippen LogP contribution in [-0.4, -0.2) is 44.0 Å². The summed E-state index contributed by atoms with van der Waals surface area (Å²) in [6.45, 7) is 4.03. The summed E-state index contributed by atoms with van der Waals surface area (Å²) in [5, 5.41) is 0.530. The van der Waals surface area contributed by atoms with Gasteiger partial charge in [-0.25, -0.2) is 8.78 Å². The largest absolute Gasteiger partial charge is 0.381 e. The average molecular weight is 348 g/mol. The Kier molecular flexibility index (Phi) is 4.81. The van der Waals surface area contributed by atoms with Crippen LogP contribution in [0.5, 0.6) is 0 Å². The number of halogens is 2. The molecule has 0 saturated carbocycles. The lowest BCUT2D eigenvalue weighted by Gasteiger charge is -2.34. The van der Waals surface area contributed by atoms with Gasteiger partial charge in [-0.2, -0.15) is 0 Å². The first-order chi connectivity index (χ1) is 12.2. The number of piperidine rings is 1. The zero-order chi connectivity index (χ0) is 17.2. The van der Waals surface area contributed by atoms with Gasteiger partial charge >= 0.3 is 0 Å². The van der Waals surface area contributed by atoms with Crippen LogP contribution in [0.2, 0.25) is 0 Å². The number of nitrogens with zero attached hydrogens (tertiary/aromatic N) is 2. The highest BCUT2D eigenvalue weighted by Gasteiger charge is 2.24. The molecular formula is C19H22F2N2O2. The summed E-state index contributed by atoms with van der Waals surface area (Å²) in [5.41, 5.74) is 1.06. The second-order valence-electron chi connectivity index (χ2n) is 6.86. The Morgan fingerprint density at radius 3 is 2.80 bits per heavy atom. The number of anilines is 1. The SMILES string of the molecule is Fc1cc(F)c2nccc(N3CCC(OC[C@H]4CCOC4)CC3)c2c1. The first kappa shape index (κ1) is 16.7. The van der Waals surface area contributed by atoms with Gasteiger partial charge in [0.15, 0.2) is 5.82 Å². The number of fused-ring (bicyclic) bond motifs is 1. The molecule has 0 N–H and O–H groups in total. The van der Waals surface area contributed by atoms with Crippen molar-refractivity contribution in [2.45, 2.75) is 25.4 Å². The number of ether oxygens (including phenoxy) is 2. The number of benzene rings is 1. The van der Waals surface area contributed by atoms with Crippen LogP contribution in [0.25, 0.3) is 10.9 Å². The Morgan fingerprint density at radius 2 is 2.04 bits per heavy atom. The quantitative estimate of drug-likeness (QED) is 0.847. The molecule has 4 rings (SSSR count). The normalized spacial score (nSPS) is 22.0. The number of aromatic nitrogens is 1. The molecule has 1 aromatic carbocycles. The van der Waals surface area contributed by atoms with Crippen LogP contribution < -0.4 is 4.90 Å². The summed E-state index contributed by atoms with van der Waals surface area (Å²) >= 11 is 0. The monoisotopic (exact) mass is 348 g/mol. The lowest BCUT2D eigenvalue weighted by Crippen LogP contribution is -2.37. The minimum absolute atomic E-state index is 0.221. The molecule has 6 heteroatoms. The molecule has 0 aliphatic carbocycles. The van der Waals surface area contributed by atoms with Gasteiger partial charge in [-0.05, 0) is 31.4 Å². The Balaban J connectivity index is 1.43. The Bertz CT molecular complexity index is 742. The predicted molar refractivity (Wildman–Crippen MR) is 91.8 cm³/mol. The lowest BCUT2D eigenvalue weighted by atomic mass is 10.0. The highest BCUT2D eigenvalue weighted by molar-refractivity contribution is 5.92. The van der Waals surface area contributed by atoms with Crippen molar-refractivity contribution >= 4 is 16.6 Å². The van der Waals surface area contributed by atoms with Gasteiger partial charge in [0.25, 0.3) is 0 Å². The molecule has 25 heavy (non-hydrogen) atoms. The van der Waals surface area contributed by atoms with E-state index in [4.69, 9.17) is 9.47 Å². The third-order valence-electron chi connectivity index (χ3n) is 5.11. The van der Waals surface area contributed by atoms with E-state index >= 15 is 0 Å². The van der Waals surface area contributed by atoms with Gasteiger partial charge in [0.2, 0.25) is 0 Å². The maximum Gasteiger partial charge on any atom is 0.152 e.